The quantitative estimate of drug-likeness (QED) is 0.841. The number of ether oxygens (including phenoxy) is 1. The minimum Gasteiger partial charge on any atom is -0.456 e. The number of carbonyl (C=O) groups excluding carboxylic acids is 1. The molecule has 1 heterocycles. The standard InChI is InChI=1S/C12H15ClF3N3O2/c1-6(12(14,15)16)4-17-11-9(13)10(18-5-19-11)7(2)21-8(3)20/h5-7H,4H2,1-3H3,(H,17,18,19). The third-order valence-corrected chi connectivity index (χ3v) is 3.05. The Hall–Kier alpha value is -1.57. The molecule has 1 rings (SSSR count). The number of rotatable bonds is 5. The molecule has 0 radical (unpaired) electrons. The van der Waals surface area contributed by atoms with Gasteiger partial charge in [0, 0.05) is 13.5 Å². The molecule has 2 unspecified atom stereocenters. The lowest BCUT2D eigenvalue weighted by Gasteiger charge is -2.18. The second kappa shape index (κ2) is 6.93. The smallest absolute Gasteiger partial charge is 0.393 e. The average Bonchev–Trinajstić information content (AvgIpc) is 2.35. The first-order valence-corrected chi connectivity index (χ1v) is 6.49. The summed E-state index contributed by atoms with van der Waals surface area (Å²) in [6.45, 7) is 3.46. The topological polar surface area (TPSA) is 64.1 Å². The third-order valence-electron chi connectivity index (χ3n) is 2.68. The molecule has 21 heavy (non-hydrogen) atoms. The van der Waals surface area contributed by atoms with Crippen LogP contribution in [0.4, 0.5) is 19.0 Å². The van der Waals surface area contributed by atoms with Crippen molar-refractivity contribution in [2.24, 2.45) is 5.92 Å². The molecule has 0 bridgehead atoms. The minimum atomic E-state index is -4.31. The van der Waals surface area contributed by atoms with Crippen molar-refractivity contribution in [1.82, 2.24) is 9.97 Å². The van der Waals surface area contributed by atoms with Crippen LogP contribution in [0, 0.1) is 5.92 Å². The molecule has 1 N–H and O–H groups in total. The lowest BCUT2D eigenvalue weighted by Crippen LogP contribution is -2.27. The summed E-state index contributed by atoms with van der Waals surface area (Å²) in [4.78, 5) is 18.6. The summed E-state index contributed by atoms with van der Waals surface area (Å²) in [5.41, 5.74) is 0.226. The van der Waals surface area contributed by atoms with Crippen molar-refractivity contribution in [2.75, 3.05) is 11.9 Å². The molecule has 0 saturated carbocycles. The molecule has 2 atom stereocenters. The van der Waals surface area contributed by atoms with E-state index in [1.54, 1.807) is 6.92 Å². The molecular weight excluding hydrogens is 311 g/mol. The van der Waals surface area contributed by atoms with Gasteiger partial charge in [-0.15, -0.1) is 0 Å². The molecule has 1 aromatic heterocycles. The number of esters is 1. The van der Waals surface area contributed by atoms with Crippen LogP contribution >= 0.6 is 11.6 Å². The first-order chi connectivity index (χ1) is 9.62. The Balaban J connectivity index is 2.83. The monoisotopic (exact) mass is 325 g/mol. The highest BCUT2D eigenvalue weighted by Crippen LogP contribution is 2.30. The maximum atomic E-state index is 12.4. The molecule has 0 aliphatic heterocycles. The molecule has 0 saturated heterocycles. The summed E-state index contributed by atoms with van der Waals surface area (Å²) in [6.07, 6.45) is -3.89. The fraction of sp³-hybridized carbons (Fsp3) is 0.583. The summed E-state index contributed by atoms with van der Waals surface area (Å²) >= 11 is 6.02. The maximum absolute atomic E-state index is 12.4. The Morgan fingerprint density at radius 2 is 2.05 bits per heavy atom. The first-order valence-electron chi connectivity index (χ1n) is 6.11. The Morgan fingerprint density at radius 3 is 2.57 bits per heavy atom. The van der Waals surface area contributed by atoms with Gasteiger partial charge in [-0.05, 0) is 6.92 Å². The number of carbonyl (C=O) groups is 1. The van der Waals surface area contributed by atoms with Gasteiger partial charge in [0.05, 0.1) is 5.92 Å². The Labute approximate surface area is 124 Å². The number of hydrogen-bond donors (Lipinski definition) is 1. The predicted molar refractivity (Wildman–Crippen MR) is 70.9 cm³/mol. The van der Waals surface area contributed by atoms with Gasteiger partial charge in [-0.3, -0.25) is 4.79 Å². The third kappa shape index (κ3) is 5.04. The van der Waals surface area contributed by atoms with Crippen LogP contribution in [0.2, 0.25) is 5.02 Å². The molecule has 118 valence electrons. The van der Waals surface area contributed by atoms with E-state index in [1.807, 2.05) is 0 Å². The highest BCUT2D eigenvalue weighted by atomic mass is 35.5. The van der Waals surface area contributed by atoms with Crippen molar-refractivity contribution in [3.63, 3.8) is 0 Å². The summed E-state index contributed by atoms with van der Waals surface area (Å²) in [7, 11) is 0. The number of halogens is 4. The van der Waals surface area contributed by atoms with Gasteiger partial charge in [-0.2, -0.15) is 13.2 Å². The van der Waals surface area contributed by atoms with Gasteiger partial charge in [0.2, 0.25) is 0 Å². The highest BCUT2D eigenvalue weighted by molar-refractivity contribution is 6.33. The molecule has 0 amide bonds. The van der Waals surface area contributed by atoms with Crippen molar-refractivity contribution in [2.45, 2.75) is 33.1 Å². The second-order valence-electron chi connectivity index (χ2n) is 4.50. The lowest BCUT2D eigenvalue weighted by atomic mass is 10.2. The van der Waals surface area contributed by atoms with Crippen LogP contribution in [0.5, 0.6) is 0 Å². The lowest BCUT2D eigenvalue weighted by molar-refractivity contribution is -0.165. The molecular formula is C12H15ClF3N3O2. The normalized spacial score (nSPS) is 14.4. The molecule has 0 aromatic carbocycles. The van der Waals surface area contributed by atoms with Gasteiger partial charge in [-0.1, -0.05) is 18.5 Å². The number of hydrogen-bond acceptors (Lipinski definition) is 5. The van der Waals surface area contributed by atoms with Gasteiger partial charge in [0.1, 0.15) is 29.0 Å². The van der Waals surface area contributed by atoms with Crippen LogP contribution in [0.3, 0.4) is 0 Å². The fourth-order valence-electron chi connectivity index (χ4n) is 1.46. The van der Waals surface area contributed by atoms with E-state index in [0.29, 0.717) is 0 Å². The second-order valence-corrected chi connectivity index (χ2v) is 4.87. The van der Waals surface area contributed by atoms with Crippen LogP contribution in [0.25, 0.3) is 0 Å². The van der Waals surface area contributed by atoms with E-state index in [0.717, 1.165) is 13.3 Å². The zero-order valence-corrected chi connectivity index (χ0v) is 12.4. The molecule has 0 aliphatic carbocycles. The number of aromatic nitrogens is 2. The van der Waals surface area contributed by atoms with Crippen LogP contribution in [-0.2, 0) is 9.53 Å². The maximum Gasteiger partial charge on any atom is 0.393 e. The van der Waals surface area contributed by atoms with Crippen LogP contribution in [0.15, 0.2) is 6.33 Å². The van der Waals surface area contributed by atoms with Gasteiger partial charge >= 0.3 is 12.1 Å². The highest BCUT2D eigenvalue weighted by Gasteiger charge is 2.35. The van der Waals surface area contributed by atoms with Crippen LogP contribution in [-0.4, -0.2) is 28.7 Å². The van der Waals surface area contributed by atoms with E-state index in [4.69, 9.17) is 16.3 Å². The Bertz CT molecular complexity index is 511. The van der Waals surface area contributed by atoms with E-state index in [-0.39, 0.29) is 23.1 Å². The largest absolute Gasteiger partial charge is 0.456 e. The molecule has 9 heteroatoms. The van der Waals surface area contributed by atoms with E-state index < -0.39 is 24.2 Å². The SMILES string of the molecule is CC(=O)OC(C)c1ncnc(NCC(C)C(F)(F)F)c1Cl. The van der Waals surface area contributed by atoms with Gasteiger partial charge in [0.25, 0.3) is 0 Å². The summed E-state index contributed by atoms with van der Waals surface area (Å²) < 4.78 is 42.3. The number of nitrogens with one attached hydrogen (secondary N) is 1. The van der Waals surface area contributed by atoms with E-state index >= 15 is 0 Å². The van der Waals surface area contributed by atoms with Crippen LogP contribution in [0.1, 0.15) is 32.6 Å². The summed E-state index contributed by atoms with van der Waals surface area (Å²) in [5, 5.41) is 2.55. The first kappa shape index (κ1) is 17.5. The average molecular weight is 326 g/mol. The Kier molecular flexibility index (Phi) is 5.77. The van der Waals surface area contributed by atoms with Crippen molar-refractivity contribution in [3.8, 4) is 0 Å². The molecule has 0 spiro atoms. The van der Waals surface area contributed by atoms with Gasteiger partial charge in [-0.25, -0.2) is 9.97 Å². The number of anilines is 1. The molecule has 1 aromatic rings. The van der Waals surface area contributed by atoms with Crippen molar-refractivity contribution in [3.05, 3.63) is 17.0 Å². The fourth-order valence-corrected chi connectivity index (χ4v) is 1.78. The summed E-state index contributed by atoms with van der Waals surface area (Å²) in [5.74, 6) is -2.01. The minimum absolute atomic E-state index is 0.0284. The van der Waals surface area contributed by atoms with Crippen molar-refractivity contribution < 1.29 is 22.7 Å². The number of alkyl halides is 3. The van der Waals surface area contributed by atoms with Gasteiger partial charge < -0.3 is 10.1 Å². The van der Waals surface area contributed by atoms with Crippen LogP contribution < -0.4 is 5.32 Å². The zero-order valence-electron chi connectivity index (χ0n) is 11.7. The summed E-state index contributed by atoms with van der Waals surface area (Å²) in [6, 6.07) is 0. The van der Waals surface area contributed by atoms with E-state index in [2.05, 4.69) is 15.3 Å². The molecule has 0 aliphatic rings. The Morgan fingerprint density at radius 1 is 1.43 bits per heavy atom. The van der Waals surface area contributed by atoms with E-state index in [1.165, 1.54) is 6.92 Å². The molecule has 0 fully saturated rings. The van der Waals surface area contributed by atoms with Gasteiger partial charge in [0.15, 0.2) is 0 Å². The molecule has 5 nitrogen and oxygen atoms in total. The van der Waals surface area contributed by atoms with Crippen molar-refractivity contribution >= 4 is 23.4 Å². The van der Waals surface area contributed by atoms with Crippen molar-refractivity contribution in [1.29, 1.82) is 0 Å². The predicted octanol–water partition coefficient (Wildman–Crippen LogP) is 3.36. The number of nitrogens with zero attached hydrogens (tertiary/aromatic N) is 2. The van der Waals surface area contributed by atoms with E-state index in [9.17, 15) is 18.0 Å². The zero-order chi connectivity index (χ0) is 16.2.